The number of rotatable bonds is 6. The number of fused-ring (bicyclic) bond motifs is 1. The number of aromatic nitrogens is 2. The molecule has 1 fully saturated rings. The molecule has 0 saturated carbocycles. The van der Waals surface area contributed by atoms with E-state index in [0.29, 0.717) is 0 Å². The van der Waals surface area contributed by atoms with Crippen molar-refractivity contribution in [2.75, 3.05) is 40.4 Å². The SMILES string of the molecule is COc1ccc(OC)c(CN2CCN(Cc3nc4ccc(C)cc4[nH]3)CC2)c1. The fourth-order valence-electron chi connectivity index (χ4n) is 3.81. The number of imidazole rings is 1. The first-order valence-corrected chi connectivity index (χ1v) is 9.75. The molecule has 1 N–H and O–H groups in total. The van der Waals surface area contributed by atoms with Crippen LogP contribution in [0.25, 0.3) is 11.0 Å². The van der Waals surface area contributed by atoms with Crippen LogP contribution in [0.15, 0.2) is 36.4 Å². The van der Waals surface area contributed by atoms with Gasteiger partial charge in [-0.2, -0.15) is 0 Å². The topological polar surface area (TPSA) is 53.6 Å². The molecule has 0 bridgehead atoms. The predicted octanol–water partition coefficient (Wildman–Crippen LogP) is 3.21. The van der Waals surface area contributed by atoms with Crippen LogP contribution >= 0.6 is 0 Å². The number of nitrogens with one attached hydrogen (secondary N) is 1. The van der Waals surface area contributed by atoms with E-state index in [1.807, 2.05) is 12.1 Å². The highest BCUT2D eigenvalue weighted by molar-refractivity contribution is 5.75. The minimum atomic E-state index is 0.865. The predicted molar refractivity (Wildman–Crippen MR) is 111 cm³/mol. The average molecular weight is 380 g/mol. The van der Waals surface area contributed by atoms with Crippen molar-refractivity contribution in [2.24, 2.45) is 0 Å². The van der Waals surface area contributed by atoms with Gasteiger partial charge < -0.3 is 14.5 Å². The number of hydrogen-bond acceptors (Lipinski definition) is 5. The van der Waals surface area contributed by atoms with Gasteiger partial charge in [-0.15, -0.1) is 0 Å². The molecule has 0 atom stereocenters. The van der Waals surface area contributed by atoms with Crippen LogP contribution in [0.2, 0.25) is 0 Å². The van der Waals surface area contributed by atoms with Gasteiger partial charge in [0.1, 0.15) is 17.3 Å². The van der Waals surface area contributed by atoms with Crippen LogP contribution in [-0.4, -0.2) is 60.2 Å². The average Bonchev–Trinajstić information content (AvgIpc) is 3.10. The Morgan fingerprint density at radius 3 is 2.39 bits per heavy atom. The van der Waals surface area contributed by atoms with E-state index < -0.39 is 0 Å². The number of methoxy groups -OCH3 is 2. The summed E-state index contributed by atoms with van der Waals surface area (Å²) in [6, 6.07) is 12.3. The van der Waals surface area contributed by atoms with Crippen LogP contribution in [0.3, 0.4) is 0 Å². The van der Waals surface area contributed by atoms with Crippen LogP contribution in [0.1, 0.15) is 17.0 Å². The molecule has 6 nitrogen and oxygen atoms in total. The standard InChI is InChI=1S/C22H28N4O2/c1-16-4-6-19-20(12-16)24-22(23-19)15-26-10-8-25(9-11-26)14-17-13-18(27-2)5-7-21(17)28-3/h4-7,12-13H,8-11,14-15H2,1-3H3,(H,23,24). The number of benzene rings is 2. The maximum absolute atomic E-state index is 5.52. The quantitative estimate of drug-likeness (QED) is 0.712. The Bertz CT molecular complexity index is 945. The number of H-pyrrole nitrogens is 1. The summed E-state index contributed by atoms with van der Waals surface area (Å²) in [7, 11) is 3.42. The van der Waals surface area contributed by atoms with Crippen molar-refractivity contribution >= 4 is 11.0 Å². The molecule has 1 aliphatic rings. The lowest BCUT2D eigenvalue weighted by atomic mass is 10.1. The summed E-state index contributed by atoms with van der Waals surface area (Å²) in [6.07, 6.45) is 0. The minimum Gasteiger partial charge on any atom is -0.497 e. The summed E-state index contributed by atoms with van der Waals surface area (Å²) < 4.78 is 10.9. The molecule has 0 amide bonds. The van der Waals surface area contributed by atoms with Crippen molar-refractivity contribution in [3.8, 4) is 11.5 Å². The second-order valence-corrected chi connectivity index (χ2v) is 7.43. The van der Waals surface area contributed by atoms with E-state index in [-0.39, 0.29) is 0 Å². The molecule has 2 heterocycles. The van der Waals surface area contributed by atoms with E-state index in [1.54, 1.807) is 14.2 Å². The molecule has 148 valence electrons. The second-order valence-electron chi connectivity index (χ2n) is 7.43. The molecular weight excluding hydrogens is 352 g/mol. The summed E-state index contributed by atoms with van der Waals surface area (Å²) in [5.74, 6) is 2.83. The van der Waals surface area contributed by atoms with Crippen molar-refractivity contribution in [2.45, 2.75) is 20.0 Å². The lowest BCUT2D eigenvalue weighted by molar-refractivity contribution is 0.119. The number of nitrogens with zero attached hydrogens (tertiary/aromatic N) is 3. The molecule has 0 aliphatic carbocycles. The van der Waals surface area contributed by atoms with Crippen molar-refractivity contribution in [3.05, 3.63) is 53.3 Å². The van der Waals surface area contributed by atoms with Crippen LogP contribution in [0, 0.1) is 6.92 Å². The van der Waals surface area contributed by atoms with Crippen LogP contribution < -0.4 is 9.47 Å². The van der Waals surface area contributed by atoms with Gasteiger partial charge in [-0.25, -0.2) is 4.98 Å². The van der Waals surface area contributed by atoms with Gasteiger partial charge in [0.15, 0.2) is 0 Å². The largest absolute Gasteiger partial charge is 0.497 e. The first-order chi connectivity index (χ1) is 13.6. The van der Waals surface area contributed by atoms with E-state index in [0.717, 1.165) is 67.6 Å². The molecule has 1 aromatic heterocycles. The molecule has 1 aliphatic heterocycles. The highest BCUT2D eigenvalue weighted by atomic mass is 16.5. The number of ether oxygens (including phenoxy) is 2. The smallest absolute Gasteiger partial charge is 0.123 e. The molecule has 4 rings (SSSR count). The van der Waals surface area contributed by atoms with Crippen molar-refractivity contribution < 1.29 is 9.47 Å². The first kappa shape index (κ1) is 18.8. The van der Waals surface area contributed by atoms with Gasteiger partial charge in [0.25, 0.3) is 0 Å². The van der Waals surface area contributed by atoms with E-state index in [1.165, 1.54) is 11.1 Å². The number of aromatic amines is 1. The Balaban J connectivity index is 1.35. The lowest BCUT2D eigenvalue weighted by Crippen LogP contribution is -2.45. The highest BCUT2D eigenvalue weighted by Gasteiger charge is 2.19. The van der Waals surface area contributed by atoms with Gasteiger partial charge in [-0.1, -0.05) is 6.07 Å². The van der Waals surface area contributed by atoms with E-state index in [4.69, 9.17) is 14.5 Å². The summed E-state index contributed by atoms with van der Waals surface area (Å²) in [4.78, 5) is 13.1. The summed E-state index contributed by atoms with van der Waals surface area (Å²) in [6.45, 7) is 7.96. The Morgan fingerprint density at radius 2 is 1.68 bits per heavy atom. The fraction of sp³-hybridized carbons (Fsp3) is 0.409. The zero-order valence-corrected chi connectivity index (χ0v) is 16.9. The Labute approximate surface area is 166 Å². The Morgan fingerprint density at radius 1 is 0.929 bits per heavy atom. The van der Waals surface area contributed by atoms with Crippen LogP contribution in [0.5, 0.6) is 11.5 Å². The fourth-order valence-corrected chi connectivity index (χ4v) is 3.81. The maximum Gasteiger partial charge on any atom is 0.123 e. The normalized spacial score (nSPS) is 15.8. The number of aryl methyl sites for hydroxylation is 1. The number of piperazine rings is 1. The maximum atomic E-state index is 5.52. The minimum absolute atomic E-state index is 0.865. The Hall–Kier alpha value is -2.57. The molecule has 28 heavy (non-hydrogen) atoms. The molecule has 3 aromatic rings. The van der Waals surface area contributed by atoms with Gasteiger partial charge >= 0.3 is 0 Å². The van der Waals surface area contributed by atoms with Gasteiger partial charge in [-0.3, -0.25) is 9.80 Å². The monoisotopic (exact) mass is 380 g/mol. The molecular formula is C22H28N4O2. The van der Waals surface area contributed by atoms with E-state index >= 15 is 0 Å². The van der Waals surface area contributed by atoms with Crippen LogP contribution in [-0.2, 0) is 13.1 Å². The lowest BCUT2D eigenvalue weighted by Gasteiger charge is -2.34. The third-order valence-electron chi connectivity index (χ3n) is 5.41. The van der Waals surface area contributed by atoms with Gasteiger partial charge in [0.2, 0.25) is 0 Å². The zero-order chi connectivity index (χ0) is 19.5. The summed E-state index contributed by atoms with van der Waals surface area (Å²) >= 11 is 0. The molecule has 2 aromatic carbocycles. The van der Waals surface area contributed by atoms with Gasteiger partial charge in [-0.05, 0) is 42.8 Å². The van der Waals surface area contributed by atoms with E-state index in [2.05, 4.69) is 46.0 Å². The number of hydrogen-bond donors (Lipinski definition) is 1. The van der Waals surface area contributed by atoms with Gasteiger partial charge in [0, 0.05) is 38.3 Å². The highest BCUT2D eigenvalue weighted by Crippen LogP contribution is 2.25. The first-order valence-electron chi connectivity index (χ1n) is 9.75. The second kappa shape index (κ2) is 8.20. The zero-order valence-electron chi connectivity index (χ0n) is 16.9. The summed E-state index contributed by atoms with van der Waals surface area (Å²) in [5.41, 5.74) is 4.59. The van der Waals surface area contributed by atoms with Crippen molar-refractivity contribution in [3.63, 3.8) is 0 Å². The molecule has 6 heteroatoms. The molecule has 0 spiro atoms. The Kier molecular flexibility index (Phi) is 5.50. The van der Waals surface area contributed by atoms with Crippen molar-refractivity contribution in [1.82, 2.24) is 19.8 Å². The van der Waals surface area contributed by atoms with Crippen LogP contribution in [0.4, 0.5) is 0 Å². The molecule has 0 unspecified atom stereocenters. The van der Waals surface area contributed by atoms with Gasteiger partial charge in [0.05, 0.1) is 31.8 Å². The molecule has 0 radical (unpaired) electrons. The molecule has 1 saturated heterocycles. The summed E-state index contributed by atoms with van der Waals surface area (Å²) in [5, 5.41) is 0. The van der Waals surface area contributed by atoms with E-state index in [9.17, 15) is 0 Å². The third kappa shape index (κ3) is 4.13. The van der Waals surface area contributed by atoms with Crippen molar-refractivity contribution in [1.29, 1.82) is 0 Å². The third-order valence-corrected chi connectivity index (χ3v) is 5.41.